The van der Waals surface area contributed by atoms with Gasteiger partial charge in [0.1, 0.15) is 5.75 Å². The number of imidazole rings is 1. The normalized spacial score (nSPS) is 11.1. The van der Waals surface area contributed by atoms with Crippen LogP contribution in [-0.4, -0.2) is 23.3 Å². The number of rotatable bonds is 4. The maximum Gasteiger partial charge on any atom is 0.188 e. The molecule has 0 bridgehead atoms. The Morgan fingerprint density at radius 2 is 2.05 bits per heavy atom. The first-order valence-electron chi connectivity index (χ1n) is 6.65. The molecule has 114 valence electrons. The second-order valence-electron chi connectivity index (χ2n) is 4.89. The first kappa shape index (κ1) is 15.0. The zero-order valence-corrected chi connectivity index (χ0v) is 13.7. The minimum atomic E-state index is -0.354. The lowest BCUT2D eigenvalue weighted by molar-refractivity contribution is 0.0506. The Kier molecular flexibility index (Phi) is 4.13. The molecule has 0 saturated heterocycles. The number of methoxy groups -OCH3 is 1. The number of fused-ring (bicyclic) bond motifs is 1. The summed E-state index contributed by atoms with van der Waals surface area (Å²) in [5, 5.41) is 0. The fourth-order valence-electron chi connectivity index (χ4n) is 2.25. The summed E-state index contributed by atoms with van der Waals surface area (Å²) in [4.78, 5) is 4.16. The number of benzene rings is 1. The van der Waals surface area contributed by atoms with Crippen molar-refractivity contribution in [1.82, 2.24) is 9.38 Å². The largest absolute Gasteiger partial charge is 0.466 e. The van der Waals surface area contributed by atoms with E-state index in [2.05, 4.69) is 20.9 Å². The molecule has 4 nitrogen and oxygen atoms in total. The van der Waals surface area contributed by atoms with Gasteiger partial charge in [-0.3, -0.25) is 0 Å². The number of ether oxygens (including phenoxy) is 2. The lowest BCUT2D eigenvalue weighted by Gasteiger charge is -2.10. The molecule has 1 aromatic carbocycles. The SMILES string of the molecule is COCOc1cc(-c2cc(F)c3nc(C)cn3c2)ccc1Br. The number of aromatic nitrogens is 2. The first-order valence-corrected chi connectivity index (χ1v) is 7.44. The maximum absolute atomic E-state index is 14.2. The van der Waals surface area contributed by atoms with Crippen LogP contribution in [0.3, 0.4) is 0 Å². The molecule has 6 heteroatoms. The summed E-state index contributed by atoms with van der Waals surface area (Å²) >= 11 is 3.42. The van der Waals surface area contributed by atoms with Gasteiger partial charge in [0.15, 0.2) is 18.3 Å². The quantitative estimate of drug-likeness (QED) is 0.651. The van der Waals surface area contributed by atoms with Crippen LogP contribution in [0.1, 0.15) is 5.69 Å². The average Bonchev–Trinajstić information content (AvgIpc) is 2.87. The number of nitrogens with zero attached hydrogens (tertiary/aromatic N) is 2. The van der Waals surface area contributed by atoms with E-state index in [1.807, 2.05) is 31.3 Å². The molecule has 0 unspecified atom stereocenters. The van der Waals surface area contributed by atoms with Crippen molar-refractivity contribution in [3.05, 3.63) is 52.6 Å². The van der Waals surface area contributed by atoms with Crippen molar-refractivity contribution in [2.75, 3.05) is 13.9 Å². The van der Waals surface area contributed by atoms with E-state index in [0.29, 0.717) is 11.4 Å². The predicted octanol–water partition coefficient (Wildman–Crippen LogP) is 4.19. The van der Waals surface area contributed by atoms with Gasteiger partial charge >= 0.3 is 0 Å². The summed E-state index contributed by atoms with van der Waals surface area (Å²) in [6.07, 6.45) is 3.64. The molecule has 22 heavy (non-hydrogen) atoms. The highest BCUT2D eigenvalue weighted by molar-refractivity contribution is 9.10. The molecule has 0 saturated carbocycles. The molecular weight excluding hydrogens is 351 g/mol. The molecule has 3 rings (SSSR count). The van der Waals surface area contributed by atoms with Crippen LogP contribution in [0.4, 0.5) is 4.39 Å². The van der Waals surface area contributed by atoms with Crippen LogP contribution in [0.2, 0.25) is 0 Å². The molecule has 0 aliphatic carbocycles. The topological polar surface area (TPSA) is 35.8 Å². The van der Waals surface area contributed by atoms with E-state index in [1.165, 1.54) is 6.07 Å². The van der Waals surface area contributed by atoms with E-state index < -0.39 is 0 Å². The van der Waals surface area contributed by atoms with Crippen molar-refractivity contribution in [2.45, 2.75) is 6.92 Å². The molecule has 0 aliphatic heterocycles. The highest BCUT2D eigenvalue weighted by Gasteiger charge is 2.10. The second kappa shape index (κ2) is 6.06. The highest BCUT2D eigenvalue weighted by Crippen LogP contribution is 2.31. The number of halogens is 2. The summed E-state index contributed by atoms with van der Waals surface area (Å²) < 4.78 is 27.1. The van der Waals surface area contributed by atoms with Gasteiger partial charge in [-0.2, -0.15) is 0 Å². The lowest BCUT2D eigenvalue weighted by atomic mass is 10.1. The van der Waals surface area contributed by atoms with Crippen molar-refractivity contribution in [3.8, 4) is 16.9 Å². The van der Waals surface area contributed by atoms with Crippen molar-refractivity contribution in [1.29, 1.82) is 0 Å². The smallest absolute Gasteiger partial charge is 0.188 e. The molecule has 0 spiro atoms. The van der Waals surface area contributed by atoms with Gasteiger partial charge in [-0.05, 0) is 46.6 Å². The molecule has 0 radical (unpaired) electrons. The zero-order valence-electron chi connectivity index (χ0n) is 12.1. The van der Waals surface area contributed by atoms with E-state index >= 15 is 0 Å². The molecular formula is C16H14BrFN2O2. The Hall–Kier alpha value is -1.92. The number of pyridine rings is 1. The zero-order chi connectivity index (χ0) is 15.7. The monoisotopic (exact) mass is 364 g/mol. The summed E-state index contributed by atoms with van der Waals surface area (Å²) in [7, 11) is 1.56. The summed E-state index contributed by atoms with van der Waals surface area (Å²) in [6, 6.07) is 7.08. The molecule has 0 atom stereocenters. The van der Waals surface area contributed by atoms with Gasteiger partial charge in [-0.25, -0.2) is 9.37 Å². The minimum Gasteiger partial charge on any atom is -0.466 e. The van der Waals surface area contributed by atoms with Crippen LogP contribution in [-0.2, 0) is 4.74 Å². The summed E-state index contributed by atoms with van der Waals surface area (Å²) in [5.41, 5.74) is 2.70. The molecule has 2 aromatic heterocycles. The molecule has 0 N–H and O–H groups in total. The fraction of sp³-hybridized carbons (Fsp3) is 0.188. The fourth-order valence-corrected chi connectivity index (χ4v) is 2.61. The van der Waals surface area contributed by atoms with Gasteiger partial charge in [-0.15, -0.1) is 0 Å². The van der Waals surface area contributed by atoms with Gasteiger partial charge in [0.25, 0.3) is 0 Å². The number of hydrogen-bond donors (Lipinski definition) is 0. The third kappa shape index (κ3) is 2.84. The van der Waals surface area contributed by atoms with Gasteiger partial charge < -0.3 is 13.9 Å². The van der Waals surface area contributed by atoms with Crippen LogP contribution in [0.15, 0.2) is 41.1 Å². The van der Waals surface area contributed by atoms with Gasteiger partial charge in [0, 0.05) is 25.1 Å². The Morgan fingerprint density at radius 1 is 1.23 bits per heavy atom. The second-order valence-corrected chi connectivity index (χ2v) is 5.74. The van der Waals surface area contributed by atoms with Gasteiger partial charge in [-0.1, -0.05) is 6.07 Å². The number of hydrogen-bond acceptors (Lipinski definition) is 3. The lowest BCUT2D eigenvalue weighted by Crippen LogP contribution is -1.99. The standard InChI is InChI=1S/C16H14BrFN2O2/c1-10-7-20-8-12(5-14(18)16(20)19-10)11-3-4-13(17)15(6-11)22-9-21-2/h3-8H,9H2,1-2H3. The molecule has 2 heterocycles. The van der Waals surface area contributed by atoms with E-state index in [9.17, 15) is 4.39 Å². The van der Waals surface area contributed by atoms with Crippen molar-refractivity contribution < 1.29 is 13.9 Å². The van der Waals surface area contributed by atoms with Crippen molar-refractivity contribution in [3.63, 3.8) is 0 Å². The van der Waals surface area contributed by atoms with Crippen LogP contribution in [0, 0.1) is 12.7 Å². The Balaban J connectivity index is 2.06. The Morgan fingerprint density at radius 3 is 2.82 bits per heavy atom. The van der Waals surface area contributed by atoms with Crippen molar-refractivity contribution >= 4 is 21.6 Å². The molecule has 0 amide bonds. The summed E-state index contributed by atoms with van der Waals surface area (Å²) in [5.74, 6) is 0.287. The maximum atomic E-state index is 14.2. The Bertz CT molecular complexity index is 832. The predicted molar refractivity (Wildman–Crippen MR) is 85.5 cm³/mol. The summed E-state index contributed by atoms with van der Waals surface area (Å²) in [6.45, 7) is 1.98. The first-order chi connectivity index (χ1) is 10.6. The van der Waals surface area contributed by atoms with E-state index in [4.69, 9.17) is 9.47 Å². The van der Waals surface area contributed by atoms with Crippen LogP contribution >= 0.6 is 15.9 Å². The number of aryl methyl sites for hydroxylation is 1. The molecule has 3 aromatic rings. The van der Waals surface area contributed by atoms with Crippen LogP contribution in [0.25, 0.3) is 16.8 Å². The van der Waals surface area contributed by atoms with E-state index in [0.717, 1.165) is 21.3 Å². The average molecular weight is 365 g/mol. The van der Waals surface area contributed by atoms with E-state index in [1.54, 1.807) is 17.7 Å². The third-order valence-electron chi connectivity index (χ3n) is 3.22. The third-order valence-corrected chi connectivity index (χ3v) is 3.88. The Labute approximate surface area is 135 Å². The van der Waals surface area contributed by atoms with Crippen LogP contribution in [0.5, 0.6) is 5.75 Å². The van der Waals surface area contributed by atoms with Gasteiger partial charge in [0.2, 0.25) is 0 Å². The van der Waals surface area contributed by atoms with Crippen LogP contribution < -0.4 is 4.74 Å². The molecule has 0 fully saturated rings. The van der Waals surface area contributed by atoms with Crippen molar-refractivity contribution in [2.24, 2.45) is 0 Å². The highest BCUT2D eigenvalue weighted by atomic mass is 79.9. The van der Waals surface area contributed by atoms with Gasteiger partial charge in [0.05, 0.1) is 10.2 Å². The minimum absolute atomic E-state index is 0.149. The van der Waals surface area contributed by atoms with E-state index in [-0.39, 0.29) is 12.6 Å². The molecule has 0 aliphatic rings.